The monoisotopic (exact) mass is 304 g/mol. The first-order valence-corrected chi connectivity index (χ1v) is 6.57. The third-order valence-corrected chi connectivity index (χ3v) is 3.38. The van der Waals surface area contributed by atoms with Gasteiger partial charge in [0.05, 0.1) is 6.10 Å². The number of rotatable bonds is 5. The quantitative estimate of drug-likeness (QED) is 0.788. The summed E-state index contributed by atoms with van der Waals surface area (Å²) in [6.45, 7) is 0.0208. The van der Waals surface area contributed by atoms with Gasteiger partial charge < -0.3 is 10.4 Å². The van der Waals surface area contributed by atoms with Crippen LogP contribution >= 0.6 is 0 Å². The number of nitroso groups, excluding NO2 is 1. The van der Waals surface area contributed by atoms with Gasteiger partial charge >= 0.3 is 5.69 Å². The van der Waals surface area contributed by atoms with Gasteiger partial charge in [0.25, 0.3) is 5.56 Å². The largest absolute Gasteiger partial charge is 0.387 e. The Kier molecular flexibility index (Phi) is 4.52. The molecule has 116 valence electrons. The highest BCUT2D eigenvalue weighted by atomic mass is 16.3. The van der Waals surface area contributed by atoms with Crippen molar-refractivity contribution in [1.82, 2.24) is 9.13 Å². The fourth-order valence-electron chi connectivity index (χ4n) is 2.10. The molecule has 0 aliphatic rings. The van der Waals surface area contributed by atoms with Crippen LogP contribution < -0.4 is 16.6 Å². The Bertz CT molecular complexity index is 795. The van der Waals surface area contributed by atoms with E-state index >= 15 is 0 Å². The topological polar surface area (TPSA) is 106 Å². The average molecular weight is 304 g/mol. The molecule has 0 bridgehead atoms. The number of nitrogens with one attached hydrogen (secondary N) is 1. The van der Waals surface area contributed by atoms with Gasteiger partial charge in [0, 0.05) is 20.6 Å². The minimum atomic E-state index is -0.861. The van der Waals surface area contributed by atoms with Gasteiger partial charge in [-0.1, -0.05) is 30.3 Å². The number of aliphatic hydroxyl groups is 1. The van der Waals surface area contributed by atoms with E-state index < -0.39 is 23.0 Å². The Morgan fingerprint density at radius 2 is 1.82 bits per heavy atom. The maximum atomic E-state index is 11.9. The Hall–Kier alpha value is -2.74. The number of hydrogen-bond donors (Lipinski definition) is 2. The number of benzene rings is 1. The van der Waals surface area contributed by atoms with Crippen LogP contribution in [0.4, 0.5) is 11.5 Å². The van der Waals surface area contributed by atoms with Crippen LogP contribution in [0, 0.1) is 4.91 Å². The molecule has 2 N–H and O–H groups in total. The van der Waals surface area contributed by atoms with Gasteiger partial charge in [0.1, 0.15) is 5.82 Å². The molecule has 0 amide bonds. The predicted molar refractivity (Wildman–Crippen MR) is 82.3 cm³/mol. The van der Waals surface area contributed by atoms with Crippen LogP contribution in [0.1, 0.15) is 11.7 Å². The van der Waals surface area contributed by atoms with Crippen molar-refractivity contribution in [2.75, 3.05) is 11.9 Å². The van der Waals surface area contributed by atoms with E-state index in [1.54, 1.807) is 24.3 Å². The van der Waals surface area contributed by atoms with E-state index in [0.29, 0.717) is 5.56 Å². The van der Waals surface area contributed by atoms with Gasteiger partial charge in [0.15, 0.2) is 0 Å². The molecule has 0 fully saturated rings. The first-order chi connectivity index (χ1) is 10.5. The van der Waals surface area contributed by atoms with Gasteiger partial charge in [-0.3, -0.25) is 13.9 Å². The van der Waals surface area contributed by atoms with Crippen molar-refractivity contribution in [2.45, 2.75) is 6.10 Å². The molecule has 0 spiro atoms. The zero-order valence-electron chi connectivity index (χ0n) is 12.2. The molecule has 1 heterocycles. The summed E-state index contributed by atoms with van der Waals surface area (Å²) in [4.78, 5) is 34.6. The zero-order chi connectivity index (χ0) is 16.3. The molecule has 1 aromatic carbocycles. The average Bonchev–Trinajstić information content (AvgIpc) is 2.55. The van der Waals surface area contributed by atoms with Crippen LogP contribution in [-0.4, -0.2) is 20.8 Å². The van der Waals surface area contributed by atoms with Gasteiger partial charge in [-0.15, -0.1) is 4.91 Å². The molecule has 0 aliphatic heterocycles. The van der Waals surface area contributed by atoms with Crippen LogP contribution in [-0.2, 0) is 14.1 Å². The number of aliphatic hydroxyl groups excluding tert-OH is 1. The summed E-state index contributed by atoms with van der Waals surface area (Å²) in [6, 6.07) is 8.88. The molecule has 2 rings (SSSR count). The lowest BCUT2D eigenvalue weighted by Crippen LogP contribution is -2.38. The number of hydrogen-bond acceptors (Lipinski definition) is 6. The van der Waals surface area contributed by atoms with Crippen molar-refractivity contribution >= 4 is 11.5 Å². The summed E-state index contributed by atoms with van der Waals surface area (Å²) in [5.41, 5.74) is -1.10. The second-order valence-electron chi connectivity index (χ2n) is 4.80. The predicted octanol–water partition coefficient (Wildman–Crippen LogP) is 0.627. The maximum absolute atomic E-state index is 11.9. The van der Waals surface area contributed by atoms with Crippen molar-refractivity contribution in [3.05, 3.63) is 61.6 Å². The van der Waals surface area contributed by atoms with Crippen LogP contribution in [0.25, 0.3) is 0 Å². The minimum absolute atomic E-state index is 0.0157. The van der Waals surface area contributed by atoms with E-state index in [1.165, 1.54) is 14.1 Å². The summed E-state index contributed by atoms with van der Waals surface area (Å²) in [6.07, 6.45) is -0.861. The highest BCUT2D eigenvalue weighted by Crippen LogP contribution is 2.19. The minimum Gasteiger partial charge on any atom is -0.387 e. The van der Waals surface area contributed by atoms with Gasteiger partial charge in [-0.25, -0.2) is 4.79 Å². The van der Waals surface area contributed by atoms with Crippen LogP contribution in [0.3, 0.4) is 0 Å². The molecule has 2 aromatic rings. The van der Waals surface area contributed by atoms with Crippen molar-refractivity contribution < 1.29 is 5.11 Å². The first-order valence-electron chi connectivity index (χ1n) is 6.57. The Balaban J connectivity index is 2.33. The van der Waals surface area contributed by atoms with Crippen molar-refractivity contribution in [2.24, 2.45) is 19.3 Å². The van der Waals surface area contributed by atoms with E-state index in [-0.39, 0.29) is 12.4 Å². The van der Waals surface area contributed by atoms with Crippen LogP contribution in [0.2, 0.25) is 0 Å². The smallest absolute Gasteiger partial charge is 0.332 e. The van der Waals surface area contributed by atoms with E-state index in [1.807, 2.05) is 6.07 Å². The van der Waals surface area contributed by atoms with Crippen LogP contribution in [0.15, 0.2) is 45.1 Å². The molecular formula is C14H16N4O4. The summed E-state index contributed by atoms with van der Waals surface area (Å²) >= 11 is 0. The van der Waals surface area contributed by atoms with Gasteiger partial charge in [-0.2, -0.15) is 0 Å². The number of nitrogens with zero attached hydrogens (tertiary/aromatic N) is 3. The molecule has 1 aromatic heterocycles. The Morgan fingerprint density at radius 1 is 1.18 bits per heavy atom. The van der Waals surface area contributed by atoms with E-state index in [4.69, 9.17) is 0 Å². The Labute approximate surface area is 125 Å². The standard InChI is InChI=1S/C14H16N4O4/c1-17-12(11(16-22)13(20)18(2)14(17)21)15-8-10(19)9-6-4-3-5-7-9/h3-7,10,15,19H,8H2,1-2H3. The molecule has 0 saturated heterocycles. The summed E-state index contributed by atoms with van der Waals surface area (Å²) in [7, 11) is 2.68. The van der Waals surface area contributed by atoms with E-state index in [0.717, 1.165) is 9.13 Å². The molecule has 1 atom stereocenters. The SMILES string of the molecule is Cn1c(NCC(O)c2ccccc2)c(N=O)c(=O)n(C)c1=O. The van der Waals surface area contributed by atoms with Crippen LogP contribution in [0.5, 0.6) is 0 Å². The Morgan fingerprint density at radius 3 is 2.41 bits per heavy atom. The molecule has 8 heteroatoms. The lowest BCUT2D eigenvalue weighted by atomic mass is 10.1. The first kappa shape index (κ1) is 15.6. The highest BCUT2D eigenvalue weighted by Gasteiger charge is 2.17. The van der Waals surface area contributed by atoms with Gasteiger partial charge in [0.2, 0.25) is 5.69 Å². The molecule has 0 aliphatic carbocycles. The third kappa shape index (κ3) is 2.82. The maximum Gasteiger partial charge on any atom is 0.332 e. The summed E-state index contributed by atoms with van der Waals surface area (Å²) in [5.74, 6) is -0.0157. The van der Waals surface area contributed by atoms with Gasteiger partial charge in [-0.05, 0) is 10.7 Å². The number of aromatic nitrogens is 2. The second kappa shape index (κ2) is 6.35. The fourth-order valence-corrected chi connectivity index (χ4v) is 2.10. The lowest BCUT2D eigenvalue weighted by Gasteiger charge is -2.16. The molecule has 0 saturated carbocycles. The fraction of sp³-hybridized carbons (Fsp3) is 0.286. The van der Waals surface area contributed by atoms with Crippen molar-refractivity contribution in [1.29, 1.82) is 0 Å². The molecule has 22 heavy (non-hydrogen) atoms. The summed E-state index contributed by atoms with van der Waals surface area (Å²) in [5, 5.41) is 15.5. The molecule has 1 unspecified atom stereocenters. The van der Waals surface area contributed by atoms with E-state index in [9.17, 15) is 19.6 Å². The van der Waals surface area contributed by atoms with Crippen molar-refractivity contribution in [3.63, 3.8) is 0 Å². The van der Waals surface area contributed by atoms with E-state index in [2.05, 4.69) is 10.5 Å². The summed E-state index contributed by atoms with van der Waals surface area (Å²) < 4.78 is 1.91. The molecular weight excluding hydrogens is 288 g/mol. The molecule has 0 radical (unpaired) electrons. The third-order valence-electron chi connectivity index (χ3n) is 3.38. The highest BCUT2D eigenvalue weighted by molar-refractivity contribution is 5.59. The normalized spacial score (nSPS) is 12.0. The molecule has 8 nitrogen and oxygen atoms in total. The lowest BCUT2D eigenvalue weighted by molar-refractivity contribution is 0.191. The zero-order valence-corrected chi connectivity index (χ0v) is 12.2. The second-order valence-corrected chi connectivity index (χ2v) is 4.80. The van der Waals surface area contributed by atoms with Crippen molar-refractivity contribution in [3.8, 4) is 0 Å². The number of anilines is 1.